The third-order valence-electron chi connectivity index (χ3n) is 4.45. The van der Waals surface area contributed by atoms with Gasteiger partial charge in [-0.15, -0.1) is 0 Å². The fourth-order valence-electron chi connectivity index (χ4n) is 3.05. The summed E-state index contributed by atoms with van der Waals surface area (Å²) in [6, 6.07) is 15.4. The Bertz CT molecular complexity index is 920. The van der Waals surface area contributed by atoms with E-state index in [1.165, 1.54) is 0 Å². The van der Waals surface area contributed by atoms with Gasteiger partial charge in [-0.25, -0.2) is 0 Å². The average molecular weight is 372 g/mol. The number of aromatic amines is 1. The van der Waals surface area contributed by atoms with Gasteiger partial charge in [0.2, 0.25) is 0 Å². The molecule has 0 bridgehead atoms. The minimum Gasteiger partial charge on any atom is -0.496 e. The number of ether oxygens (including phenoxy) is 1. The molecule has 0 aliphatic heterocycles. The summed E-state index contributed by atoms with van der Waals surface area (Å²) in [7, 11) is 5.59. The Labute approximate surface area is 157 Å². The zero-order valence-electron chi connectivity index (χ0n) is 15.0. The van der Waals surface area contributed by atoms with Gasteiger partial charge < -0.3 is 19.9 Å². The van der Waals surface area contributed by atoms with E-state index in [0.29, 0.717) is 17.3 Å². The van der Waals surface area contributed by atoms with E-state index in [-0.39, 0.29) is 11.9 Å². The van der Waals surface area contributed by atoms with Gasteiger partial charge >= 0.3 is 0 Å². The van der Waals surface area contributed by atoms with Gasteiger partial charge in [-0.05, 0) is 26.2 Å². The molecule has 2 N–H and O–H groups in total. The number of hydrogen-bond acceptors (Lipinski definition) is 3. The van der Waals surface area contributed by atoms with Crippen molar-refractivity contribution in [1.82, 2.24) is 15.2 Å². The Hall–Kier alpha value is -2.50. The number of H-pyrrole nitrogens is 1. The number of fused-ring (bicyclic) bond motifs is 1. The van der Waals surface area contributed by atoms with Crippen LogP contribution in [-0.2, 0) is 0 Å². The lowest BCUT2D eigenvalue weighted by atomic mass is 10.0. The second-order valence-corrected chi connectivity index (χ2v) is 6.67. The van der Waals surface area contributed by atoms with E-state index in [1.807, 2.05) is 67.5 Å². The summed E-state index contributed by atoms with van der Waals surface area (Å²) in [5.41, 5.74) is 2.24. The molecule has 1 unspecified atom stereocenters. The second kappa shape index (κ2) is 7.81. The number of benzene rings is 2. The molecule has 3 aromatic rings. The largest absolute Gasteiger partial charge is 0.496 e. The predicted octanol–water partition coefficient (Wildman–Crippen LogP) is 3.86. The molecule has 0 aliphatic carbocycles. The molecule has 1 heterocycles. The number of rotatable bonds is 6. The zero-order chi connectivity index (χ0) is 18.7. The van der Waals surface area contributed by atoms with E-state index in [2.05, 4.69) is 10.3 Å². The maximum atomic E-state index is 12.7. The Morgan fingerprint density at radius 1 is 1.19 bits per heavy atom. The molecule has 6 heteroatoms. The van der Waals surface area contributed by atoms with Crippen molar-refractivity contribution < 1.29 is 9.53 Å². The highest BCUT2D eigenvalue weighted by molar-refractivity contribution is 6.38. The minimum absolute atomic E-state index is 0.0294. The molecule has 0 radical (unpaired) electrons. The standard InChI is InChI=1S/C20H22ClN3O2/c1-24(2)16(14-9-5-7-11-17(14)26-3)12-22-20(25)19-18(21)13-8-4-6-10-15(13)23-19/h4-11,16,23H,12H2,1-3H3,(H,22,25). The van der Waals surface area contributed by atoms with E-state index < -0.39 is 0 Å². The van der Waals surface area contributed by atoms with Gasteiger partial charge in [-0.2, -0.15) is 0 Å². The van der Waals surface area contributed by atoms with Gasteiger partial charge in [0.05, 0.1) is 18.2 Å². The van der Waals surface area contributed by atoms with Gasteiger partial charge in [-0.1, -0.05) is 48.0 Å². The third-order valence-corrected chi connectivity index (χ3v) is 4.84. The van der Waals surface area contributed by atoms with Crippen molar-refractivity contribution in [3.05, 3.63) is 64.8 Å². The highest BCUT2D eigenvalue weighted by Crippen LogP contribution is 2.29. The van der Waals surface area contributed by atoms with E-state index in [0.717, 1.165) is 22.2 Å². The average Bonchev–Trinajstić information content (AvgIpc) is 2.99. The van der Waals surface area contributed by atoms with Crippen molar-refractivity contribution in [2.24, 2.45) is 0 Å². The van der Waals surface area contributed by atoms with Gasteiger partial charge in [0, 0.05) is 23.0 Å². The van der Waals surface area contributed by atoms with Crippen LogP contribution in [0.3, 0.4) is 0 Å². The summed E-state index contributed by atoms with van der Waals surface area (Å²) in [5.74, 6) is 0.567. The van der Waals surface area contributed by atoms with E-state index in [1.54, 1.807) is 7.11 Å². The molecule has 1 atom stereocenters. The van der Waals surface area contributed by atoms with Crippen LogP contribution in [0.25, 0.3) is 10.9 Å². The van der Waals surface area contributed by atoms with E-state index in [4.69, 9.17) is 16.3 Å². The maximum absolute atomic E-state index is 12.7. The zero-order valence-corrected chi connectivity index (χ0v) is 15.8. The van der Waals surface area contributed by atoms with Crippen LogP contribution in [0.2, 0.25) is 5.02 Å². The van der Waals surface area contributed by atoms with Crippen LogP contribution in [0.4, 0.5) is 0 Å². The number of likely N-dealkylation sites (N-methyl/N-ethyl adjacent to an activating group) is 1. The SMILES string of the molecule is COc1ccccc1C(CNC(=O)c1[nH]c2ccccc2c1Cl)N(C)C. The Morgan fingerprint density at radius 3 is 2.58 bits per heavy atom. The molecule has 5 nitrogen and oxygen atoms in total. The number of nitrogens with one attached hydrogen (secondary N) is 2. The summed E-state index contributed by atoms with van der Waals surface area (Å²) in [4.78, 5) is 17.8. The van der Waals surface area contributed by atoms with Crippen molar-refractivity contribution in [3.8, 4) is 5.75 Å². The number of halogens is 1. The minimum atomic E-state index is -0.229. The van der Waals surface area contributed by atoms with Gasteiger partial charge in [0.15, 0.2) is 0 Å². The first kappa shape index (κ1) is 18.3. The molecule has 136 valence electrons. The lowest BCUT2D eigenvalue weighted by Crippen LogP contribution is -2.35. The Balaban J connectivity index is 1.80. The third kappa shape index (κ3) is 3.54. The molecular formula is C20H22ClN3O2. The number of carbonyl (C=O) groups is 1. The highest BCUT2D eigenvalue weighted by Gasteiger charge is 2.21. The normalized spacial score (nSPS) is 12.3. The van der Waals surface area contributed by atoms with Crippen LogP contribution in [0, 0.1) is 0 Å². The highest BCUT2D eigenvalue weighted by atomic mass is 35.5. The monoisotopic (exact) mass is 371 g/mol. The molecule has 0 spiro atoms. The topological polar surface area (TPSA) is 57.4 Å². The summed E-state index contributed by atoms with van der Waals surface area (Å²) in [6.45, 7) is 0.428. The van der Waals surface area contributed by atoms with Crippen molar-refractivity contribution in [1.29, 1.82) is 0 Å². The second-order valence-electron chi connectivity index (χ2n) is 6.29. The summed E-state index contributed by atoms with van der Waals surface area (Å²) < 4.78 is 5.46. The first-order chi connectivity index (χ1) is 12.5. The van der Waals surface area contributed by atoms with Gasteiger partial charge in [-0.3, -0.25) is 4.79 Å². The molecule has 1 aromatic heterocycles. The fourth-order valence-corrected chi connectivity index (χ4v) is 3.35. The summed E-state index contributed by atoms with van der Waals surface area (Å²) >= 11 is 6.37. The molecule has 2 aromatic carbocycles. The number of amides is 1. The predicted molar refractivity (Wildman–Crippen MR) is 105 cm³/mol. The Morgan fingerprint density at radius 2 is 1.88 bits per heavy atom. The quantitative estimate of drug-likeness (QED) is 0.691. The first-order valence-corrected chi connectivity index (χ1v) is 8.74. The number of hydrogen-bond donors (Lipinski definition) is 2. The molecule has 0 fully saturated rings. The van der Waals surface area contributed by atoms with Gasteiger partial charge in [0.1, 0.15) is 11.4 Å². The molecule has 3 rings (SSSR count). The van der Waals surface area contributed by atoms with Crippen LogP contribution in [-0.4, -0.2) is 43.5 Å². The molecule has 26 heavy (non-hydrogen) atoms. The molecule has 0 saturated carbocycles. The van der Waals surface area contributed by atoms with E-state index in [9.17, 15) is 4.79 Å². The van der Waals surface area contributed by atoms with Crippen LogP contribution < -0.4 is 10.1 Å². The Kier molecular flexibility index (Phi) is 5.49. The van der Waals surface area contributed by atoms with Crippen molar-refractivity contribution in [2.75, 3.05) is 27.7 Å². The molecule has 0 saturated heterocycles. The molecular weight excluding hydrogens is 350 g/mol. The van der Waals surface area contributed by atoms with Crippen LogP contribution in [0.5, 0.6) is 5.75 Å². The van der Waals surface area contributed by atoms with Crippen LogP contribution >= 0.6 is 11.6 Å². The van der Waals surface area contributed by atoms with Crippen LogP contribution in [0.1, 0.15) is 22.1 Å². The van der Waals surface area contributed by atoms with Crippen molar-refractivity contribution in [2.45, 2.75) is 6.04 Å². The lowest BCUT2D eigenvalue weighted by Gasteiger charge is -2.26. The molecule has 0 aliphatic rings. The number of carbonyl (C=O) groups excluding carboxylic acids is 1. The fraction of sp³-hybridized carbons (Fsp3) is 0.250. The lowest BCUT2D eigenvalue weighted by molar-refractivity contribution is 0.0937. The van der Waals surface area contributed by atoms with Crippen molar-refractivity contribution >= 4 is 28.4 Å². The number of para-hydroxylation sites is 2. The smallest absolute Gasteiger partial charge is 0.269 e. The number of methoxy groups -OCH3 is 1. The number of aromatic nitrogens is 1. The van der Waals surface area contributed by atoms with Gasteiger partial charge in [0.25, 0.3) is 5.91 Å². The summed E-state index contributed by atoms with van der Waals surface area (Å²) in [5, 5.41) is 4.26. The molecule has 1 amide bonds. The van der Waals surface area contributed by atoms with E-state index >= 15 is 0 Å². The van der Waals surface area contributed by atoms with Crippen LogP contribution in [0.15, 0.2) is 48.5 Å². The van der Waals surface area contributed by atoms with Crippen molar-refractivity contribution in [3.63, 3.8) is 0 Å². The summed E-state index contributed by atoms with van der Waals surface area (Å²) in [6.07, 6.45) is 0. The maximum Gasteiger partial charge on any atom is 0.269 e. The first-order valence-electron chi connectivity index (χ1n) is 8.36. The number of nitrogens with zero attached hydrogens (tertiary/aromatic N) is 1.